The van der Waals surface area contributed by atoms with Gasteiger partial charge in [-0.15, -0.1) is 11.8 Å². The molecular weight excluding hydrogens is 258 g/mol. The summed E-state index contributed by atoms with van der Waals surface area (Å²) in [6, 6.07) is 12.0. The Balaban J connectivity index is 1.90. The van der Waals surface area contributed by atoms with E-state index in [0.29, 0.717) is 6.42 Å². The first-order chi connectivity index (χ1) is 9.28. The van der Waals surface area contributed by atoms with Crippen LogP contribution in [0.2, 0.25) is 0 Å². The van der Waals surface area contributed by atoms with Gasteiger partial charge in [0.1, 0.15) is 0 Å². The molecule has 98 valence electrons. The molecule has 3 N–H and O–H groups in total. The molecule has 0 atom stereocenters. The van der Waals surface area contributed by atoms with Gasteiger partial charge in [-0.25, -0.2) is 5.84 Å². The highest BCUT2D eigenvalue weighted by Crippen LogP contribution is 2.21. The van der Waals surface area contributed by atoms with Gasteiger partial charge < -0.3 is 0 Å². The van der Waals surface area contributed by atoms with Crippen LogP contribution in [0, 0.1) is 0 Å². The maximum atomic E-state index is 11.1. The highest BCUT2D eigenvalue weighted by molar-refractivity contribution is 7.98. The molecule has 0 radical (unpaired) electrons. The fourth-order valence-corrected chi connectivity index (χ4v) is 2.43. The highest BCUT2D eigenvalue weighted by Gasteiger charge is 2.01. The molecule has 0 saturated carbocycles. The summed E-state index contributed by atoms with van der Waals surface area (Å²) in [5.74, 6) is 5.77. The van der Waals surface area contributed by atoms with Crippen molar-refractivity contribution in [2.24, 2.45) is 5.84 Å². The molecule has 5 heteroatoms. The van der Waals surface area contributed by atoms with E-state index in [2.05, 4.69) is 10.4 Å². The average Bonchev–Trinajstić information content (AvgIpc) is 2.47. The van der Waals surface area contributed by atoms with Crippen molar-refractivity contribution in [1.82, 2.24) is 10.4 Å². The lowest BCUT2D eigenvalue weighted by atomic mass is 10.1. The molecule has 1 amide bonds. The second-order valence-corrected chi connectivity index (χ2v) is 5.08. The summed E-state index contributed by atoms with van der Waals surface area (Å²) in [5.41, 5.74) is 4.31. The lowest BCUT2D eigenvalue weighted by Gasteiger charge is -2.04. The van der Waals surface area contributed by atoms with Crippen molar-refractivity contribution in [2.45, 2.75) is 17.1 Å². The van der Waals surface area contributed by atoms with Gasteiger partial charge >= 0.3 is 0 Å². The molecule has 0 saturated heterocycles. The summed E-state index contributed by atoms with van der Waals surface area (Å²) in [5, 5.41) is 0. The van der Waals surface area contributed by atoms with Gasteiger partial charge in [-0.2, -0.15) is 0 Å². The van der Waals surface area contributed by atoms with Crippen LogP contribution in [0.15, 0.2) is 53.7 Å². The lowest BCUT2D eigenvalue weighted by Crippen LogP contribution is -2.31. The van der Waals surface area contributed by atoms with Crippen LogP contribution in [-0.2, 0) is 17.0 Å². The van der Waals surface area contributed by atoms with Crippen LogP contribution in [0.5, 0.6) is 0 Å². The molecule has 0 bridgehead atoms. The van der Waals surface area contributed by atoms with Crippen molar-refractivity contribution in [1.29, 1.82) is 0 Å². The molecule has 1 heterocycles. The second-order valence-electron chi connectivity index (χ2n) is 4.03. The first-order valence-electron chi connectivity index (χ1n) is 5.88. The molecular formula is C14H15N3OS. The second kappa shape index (κ2) is 6.92. The maximum absolute atomic E-state index is 11.1. The first-order valence-corrected chi connectivity index (χ1v) is 6.86. The van der Waals surface area contributed by atoms with Crippen molar-refractivity contribution in [3.05, 3.63) is 59.9 Å². The number of carbonyl (C=O) groups is 1. The minimum absolute atomic E-state index is 0.182. The summed E-state index contributed by atoms with van der Waals surface area (Å²) in [7, 11) is 0. The predicted molar refractivity (Wildman–Crippen MR) is 76.3 cm³/mol. The number of aromatic nitrogens is 1. The molecule has 1 aromatic carbocycles. The van der Waals surface area contributed by atoms with Crippen molar-refractivity contribution >= 4 is 17.7 Å². The molecule has 0 unspecified atom stereocenters. The zero-order valence-corrected chi connectivity index (χ0v) is 11.2. The van der Waals surface area contributed by atoms with Crippen molar-refractivity contribution in [2.75, 3.05) is 0 Å². The van der Waals surface area contributed by atoms with Crippen LogP contribution in [0.25, 0.3) is 0 Å². The quantitative estimate of drug-likeness (QED) is 0.378. The highest BCUT2D eigenvalue weighted by atomic mass is 32.2. The van der Waals surface area contributed by atoms with E-state index in [1.807, 2.05) is 36.4 Å². The Morgan fingerprint density at radius 3 is 2.37 bits per heavy atom. The van der Waals surface area contributed by atoms with E-state index >= 15 is 0 Å². The number of nitrogens with two attached hydrogens (primary N) is 1. The van der Waals surface area contributed by atoms with E-state index in [1.165, 1.54) is 10.5 Å². The fourth-order valence-electron chi connectivity index (χ4n) is 1.59. The van der Waals surface area contributed by atoms with Crippen molar-refractivity contribution in [3.8, 4) is 0 Å². The Morgan fingerprint density at radius 2 is 1.74 bits per heavy atom. The number of amides is 1. The molecule has 0 spiro atoms. The number of hydrogen-bond acceptors (Lipinski definition) is 4. The van der Waals surface area contributed by atoms with E-state index in [1.54, 1.807) is 24.2 Å². The Kier molecular flexibility index (Phi) is 4.94. The van der Waals surface area contributed by atoms with Gasteiger partial charge in [-0.05, 0) is 23.3 Å². The number of carbonyl (C=O) groups excluding carboxylic acids is 1. The van der Waals surface area contributed by atoms with Crippen LogP contribution < -0.4 is 11.3 Å². The molecule has 0 fully saturated rings. The SMILES string of the molecule is NNC(=O)Cc1ccc(CSc2ccncc2)cc1. The Labute approximate surface area is 116 Å². The van der Waals surface area contributed by atoms with E-state index in [9.17, 15) is 4.79 Å². The Hall–Kier alpha value is -1.85. The molecule has 19 heavy (non-hydrogen) atoms. The van der Waals surface area contributed by atoms with Gasteiger partial charge in [0.05, 0.1) is 6.42 Å². The van der Waals surface area contributed by atoms with Gasteiger partial charge in [0.25, 0.3) is 0 Å². The van der Waals surface area contributed by atoms with E-state index in [-0.39, 0.29) is 5.91 Å². The molecule has 0 aliphatic carbocycles. The lowest BCUT2D eigenvalue weighted by molar-refractivity contribution is -0.120. The number of hydrogen-bond donors (Lipinski definition) is 2. The number of nitrogens with zero attached hydrogens (tertiary/aromatic N) is 1. The molecule has 0 aliphatic rings. The predicted octanol–water partition coefficient (Wildman–Crippen LogP) is 1.91. The smallest absolute Gasteiger partial charge is 0.238 e. The van der Waals surface area contributed by atoms with Gasteiger partial charge in [0.15, 0.2) is 0 Å². The third kappa shape index (κ3) is 4.39. The van der Waals surface area contributed by atoms with Gasteiger partial charge in [0, 0.05) is 23.0 Å². The number of thioether (sulfide) groups is 1. The number of rotatable bonds is 5. The minimum atomic E-state index is -0.182. The van der Waals surface area contributed by atoms with Crippen LogP contribution in [-0.4, -0.2) is 10.9 Å². The normalized spacial score (nSPS) is 10.2. The van der Waals surface area contributed by atoms with Crippen LogP contribution >= 0.6 is 11.8 Å². The number of hydrazine groups is 1. The molecule has 1 aromatic heterocycles. The van der Waals surface area contributed by atoms with Gasteiger partial charge in [-0.3, -0.25) is 15.2 Å². The molecule has 2 rings (SSSR count). The standard InChI is InChI=1S/C14H15N3OS/c15-17-14(18)9-11-1-3-12(4-2-11)10-19-13-5-7-16-8-6-13/h1-8H,9-10,15H2,(H,17,18). The summed E-state index contributed by atoms with van der Waals surface area (Å²) in [4.78, 5) is 16.3. The Bertz CT molecular complexity index is 528. The largest absolute Gasteiger partial charge is 0.294 e. The number of benzene rings is 1. The summed E-state index contributed by atoms with van der Waals surface area (Å²) < 4.78 is 0. The van der Waals surface area contributed by atoms with Crippen molar-refractivity contribution < 1.29 is 4.79 Å². The van der Waals surface area contributed by atoms with Crippen LogP contribution in [0.1, 0.15) is 11.1 Å². The summed E-state index contributed by atoms with van der Waals surface area (Å²) in [6.07, 6.45) is 3.89. The fraction of sp³-hybridized carbons (Fsp3) is 0.143. The third-order valence-corrected chi connectivity index (χ3v) is 3.69. The topological polar surface area (TPSA) is 68.0 Å². The number of nitrogens with one attached hydrogen (secondary N) is 1. The van der Waals surface area contributed by atoms with E-state index < -0.39 is 0 Å². The third-order valence-electron chi connectivity index (χ3n) is 2.60. The van der Waals surface area contributed by atoms with Crippen molar-refractivity contribution in [3.63, 3.8) is 0 Å². The van der Waals surface area contributed by atoms with Gasteiger partial charge in [0.2, 0.25) is 5.91 Å². The molecule has 4 nitrogen and oxygen atoms in total. The molecule has 2 aromatic rings. The summed E-state index contributed by atoms with van der Waals surface area (Å²) >= 11 is 1.76. The maximum Gasteiger partial charge on any atom is 0.238 e. The van der Waals surface area contributed by atoms with Crippen LogP contribution in [0.4, 0.5) is 0 Å². The zero-order valence-electron chi connectivity index (χ0n) is 10.4. The minimum Gasteiger partial charge on any atom is -0.294 e. The van der Waals surface area contributed by atoms with E-state index in [0.717, 1.165) is 11.3 Å². The van der Waals surface area contributed by atoms with Crippen LogP contribution in [0.3, 0.4) is 0 Å². The number of pyridine rings is 1. The zero-order chi connectivity index (χ0) is 13.5. The summed E-state index contributed by atoms with van der Waals surface area (Å²) in [6.45, 7) is 0. The van der Waals surface area contributed by atoms with Gasteiger partial charge in [-0.1, -0.05) is 24.3 Å². The molecule has 0 aliphatic heterocycles. The average molecular weight is 273 g/mol. The monoisotopic (exact) mass is 273 g/mol. The Morgan fingerprint density at radius 1 is 1.11 bits per heavy atom. The first kappa shape index (κ1) is 13.6. The van der Waals surface area contributed by atoms with E-state index in [4.69, 9.17) is 5.84 Å².